The van der Waals surface area contributed by atoms with Crippen molar-refractivity contribution in [3.63, 3.8) is 0 Å². The Hall–Kier alpha value is -2.00. The summed E-state index contributed by atoms with van der Waals surface area (Å²) in [4.78, 5) is 16.1. The van der Waals surface area contributed by atoms with Crippen molar-refractivity contribution in [3.8, 4) is 5.75 Å². The van der Waals surface area contributed by atoms with Gasteiger partial charge in [-0.3, -0.25) is 9.69 Å². The Balaban J connectivity index is 1.51. The van der Waals surface area contributed by atoms with Gasteiger partial charge >= 0.3 is 10.5 Å². The monoisotopic (exact) mass is 475 g/mol. The van der Waals surface area contributed by atoms with Crippen molar-refractivity contribution in [2.24, 2.45) is 28.0 Å². The van der Waals surface area contributed by atoms with E-state index in [0.717, 1.165) is 17.4 Å². The van der Waals surface area contributed by atoms with Gasteiger partial charge in [-0.25, -0.2) is 0 Å². The summed E-state index contributed by atoms with van der Waals surface area (Å²) in [6.07, 6.45) is 7.57. The molecule has 1 aromatic carbocycles. The van der Waals surface area contributed by atoms with Crippen LogP contribution in [0.4, 0.5) is 5.69 Å². The number of rotatable bonds is 5. The van der Waals surface area contributed by atoms with Crippen LogP contribution in [0.15, 0.2) is 22.6 Å². The first-order valence-electron chi connectivity index (χ1n) is 11.4. The summed E-state index contributed by atoms with van der Waals surface area (Å²) in [7, 11) is 0.647. The lowest BCUT2D eigenvalue weighted by atomic mass is 9.54. The zero-order chi connectivity index (χ0) is 22.6. The van der Waals surface area contributed by atoms with Crippen LogP contribution in [-0.2, 0) is 20.7 Å². The largest absolute Gasteiger partial charge is 0.494 e. The van der Waals surface area contributed by atoms with Crippen LogP contribution >= 0.6 is 12.2 Å². The molecule has 5 fully saturated rings. The van der Waals surface area contributed by atoms with Gasteiger partial charge in [-0.05, 0) is 98.5 Å². The van der Waals surface area contributed by atoms with Crippen LogP contribution in [0.2, 0.25) is 0 Å². The molecule has 0 radical (unpaired) electrons. The molecular weight excluding hydrogens is 446 g/mol. The van der Waals surface area contributed by atoms with Crippen LogP contribution in [0.3, 0.4) is 0 Å². The lowest BCUT2D eigenvalue weighted by Crippen LogP contribution is -2.62. The fraction of sp³-hybridized carbons (Fsp3) is 0.652. The molecule has 5 aliphatic carbocycles. The van der Waals surface area contributed by atoms with Crippen molar-refractivity contribution in [1.29, 1.82) is 0 Å². The number of benzene rings is 1. The van der Waals surface area contributed by atoms with E-state index < -0.39 is 15.9 Å². The highest BCUT2D eigenvalue weighted by Gasteiger charge is 2.58. The average Bonchev–Trinajstić information content (AvgIpc) is 3.56. The van der Waals surface area contributed by atoms with Gasteiger partial charge in [-0.15, -0.1) is 4.36 Å². The number of methoxy groups -OCH3 is 1. The van der Waals surface area contributed by atoms with Gasteiger partial charge in [-0.2, -0.15) is 8.42 Å². The highest BCUT2D eigenvalue weighted by atomic mass is 32.2. The molecule has 7 nitrogen and oxygen atoms in total. The second-order valence-corrected chi connectivity index (χ2v) is 10.9. The third-order valence-corrected chi connectivity index (χ3v) is 8.94. The molecule has 9 heteroatoms. The van der Waals surface area contributed by atoms with E-state index in [2.05, 4.69) is 9.68 Å². The molecule has 1 N–H and O–H groups in total. The number of carbonyl (C=O) groups excluding carboxylic acids is 1. The van der Waals surface area contributed by atoms with Crippen LogP contribution in [0.1, 0.15) is 50.5 Å². The van der Waals surface area contributed by atoms with Crippen molar-refractivity contribution in [3.05, 3.63) is 23.8 Å². The van der Waals surface area contributed by atoms with E-state index in [0.29, 0.717) is 35.5 Å². The van der Waals surface area contributed by atoms with E-state index in [4.69, 9.17) is 17.0 Å². The minimum absolute atomic E-state index is 0.0358. The molecule has 0 aromatic heterocycles. The number of ether oxygens (including phenoxy) is 1. The van der Waals surface area contributed by atoms with Crippen LogP contribution in [0.5, 0.6) is 5.75 Å². The topological polar surface area (TPSA) is 88.1 Å². The quantitative estimate of drug-likeness (QED) is 0.655. The zero-order valence-corrected chi connectivity index (χ0v) is 20.0. The van der Waals surface area contributed by atoms with E-state index >= 15 is 0 Å². The lowest BCUT2D eigenvalue weighted by molar-refractivity contribution is -0.139. The molecule has 32 heavy (non-hydrogen) atoms. The molecule has 1 aromatic rings. The molecule has 0 saturated heterocycles. The summed E-state index contributed by atoms with van der Waals surface area (Å²) in [5.74, 6) is 3.05. The van der Waals surface area contributed by atoms with Crippen molar-refractivity contribution >= 4 is 39.4 Å². The molecule has 0 atom stereocenters. The fourth-order valence-electron chi connectivity index (χ4n) is 6.92. The maximum Gasteiger partial charge on any atom is 0.316 e. The SMILES string of the molecule is CNC(=S)N(C(=O)C1(c2ccc(OC)c(N=S(=O)=O)c2)CC1)C1C2CC3CC(C2)CC1C3. The number of carbonyl (C=O) groups is 1. The van der Waals surface area contributed by atoms with Crippen molar-refractivity contribution in [2.45, 2.75) is 56.4 Å². The van der Waals surface area contributed by atoms with Gasteiger partial charge in [0.2, 0.25) is 5.91 Å². The van der Waals surface area contributed by atoms with Crippen LogP contribution in [0, 0.1) is 23.7 Å². The Morgan fingerprint density at radius 3 is 2.28 bits per heavy atom. The molecule has 0 aliphatic heterocycles. The number of nitrogens with one attached hydrogen (secondary N) is 1. The molecule has 0 heterocycles. The van der Waals surface area contributed by atoms with E-state index in [9.17, 15) is 13.2 Å². The molecular formula is C23H29N3O4S2. The predicted octanol–water partition coefficient (Wildman–Crippen LogP) is 3.58. The molecule has 172 valence electrons. The van der Waals surface area contributed by atoms with E-state index in [1.54, 1.807) is 19.2 Å². The Bertz CT molecular complexity index is 1060. The highest BCUT2D eigenvalue weighted by Crippen LogP contribution is 2.57. The minimum atomic E-state index is -2.61. The standard InChI is InChI=1S/C23H29N3O4S2/c1-24-22(31)26(20-15-8-13-7-14(10-15)11-16(20)9-13)21(27)23(5-6-23)17-3-4-19(30-2)18(12-17)25-32(28)29/h3-4,12-16,20H,5-11H2,1-2H3,(H,24,31). The smallest absolute Gasteiger partial charge is 0.316 e. The van der Waals surface area contributed by atoms with E-state index in [-0.39, 0.29) is 17.6 Å². The van der Waals surface area contributed by atoms with Gasteiger partial charge in [0.25, 0.3) is 0 Å². The van der Waals surface area contributed by atoms with Gasteiger partial charge in [0.05, 0.1) is 12.5 Å². The molecule has 5 saturated carbocycles. The number of hydrogen-bond donors (Lipinski definition) is 1. The van der Waals surface area contributed by atoms with Gasteiger partial charge < -0.3 is 10.1 Å². The third-order valence-electron chi connectivity index (χ3n) is 8.19. The Labute approximate surface area is 195 Å². The van der Waals surface area contributed by atoms with E-state index in [1.165, 1.54) is 39.2 Å². The highest BCUT2D eigenvalue weighted by molar-refractivity contribution is 7.80. The van der Waals surface area contributed by atoms with Gasteiger partial charge in [0.15, 0.2) is 5.11 Å². The summed E-state index contributed by atoms with van der Waals surface area (Å²) in [5, 5.41) is 3.58. The van der Waals surface area contributed by atoms with Crippen LogP contribution < -0.4 is 10.1 Å². The number of amides is 1. The average molecular weight is 476 g/mol. The Kier molecular flexibility index (Phi) is 5.52. The van der Waals surface area contributed by atoms with Crippen LogP contribution in [0.25, 0.3) is 0 Å². The zero-order valence-electron chi connectivity index (χ0n) is 18.4. The molecule has 0 unspecified atom stereocenters. The first kappa shape index (κ1) is 21.8. The first-order valence-corrected chi connectivity index (χ1v) is 12.8. The molecule has 4 bridgehead atoms. The number of nitrogens with zero attached hydrogens (tertiary/aromatic N) is 2. The first-order chi connectivity index (χ1) is 15.4. The van der Waals surface area contributed by atoms with E-state index in [1.807, 2.05) is 11.0 Å². The molecule has 1 amide bonds. The second kappa shape index (κ2) is 8.09. The van der Waals surface area contributed by atoms with Crippen molar-refractivity contribution in [1.82, 2.24) is 10.2 Å². The number of thiocarbonyl (C=S) groups is 1. The molecule has 6 rings (SSSR count). The van der Waals surface area contributed by atoms with Crippen molar-refractivity contribution < 1.29 is 17.9 Å². The third kappa shape index (κ3) is 3.53. The molecule has 0 spiro atoms. The van der Waals surface area contributed by atoms with Crippen molar-refractivity contribution in [2.75, 3.05) is 14.2 Å². The van der Waals surface area contributed by atoms with Gasteiger partial charge in [-0.1, -0.05) is 6.07 Å². The van der Waals surface area contributed by atoms with Crippen LogP contribution in [-0.4, -0.2) is 44.5 Å². The Morgan fingerprint density at radius 2 is 1.78 bits per heavy atom. The van der Waals surface area contributed by atoms with Gasteiger partial charge in [0, 0.05) is 13.1 Å². The summed E-state index contributed by atoms with van der Waals surface area (Å²) in [6.45, 7) is 0. The maximum atomic E-state index is 14.2. The summed E-state index contributed by atoms with van der Waals surface area (Å²) in [6, 6.07) is 5.38. The second-order valence-electron chi connectivity index (χ2n) is 9.93. The fourth-order valence-corrected chi connectivity index (χ4v) is 7.43. The summed E-state index contributed by atoms with van der Waals surface area (Å²) >= 11 is 5.70. The number of hydrogen-bond acceptors (Lipinski definition) is 6. The summed E-state index contributed by atoms with van der Waals surface area (Å²) in [5.41, 5.74) is 0.311. The minimum Gasteiger partial charge on any atom is -0.494 e. The normalized spacial score (nSPS) is 31.0. The Morgan fingerprint density at radius 1 is 1.16 bits per heavy atom. The lowest BCUT2D eigenvalue weighted by Gasteiger charge is -2.57. The predicted molar refractivity (Wildman–Crippen MR) is 124 cm³/mol. The summed E-state index contributed by atoms with van der Waals surface area (Å²) < 4.78 is 31.3. The van der Waals surface area contributed by atoms with Gasteiger partial charge in [0.1, 0.15) is 11.4 Å². The molecule has 5 aliphatic rings. The maximum absolute atomic E-state index is 14.2.